The van der Waals surface area contributed by atoms with Gasteiger partial charge in [-0.15, -0.1) is 11.3 Å². The number of esters is 1. The van der Waals surface area contributed by atoms with E-state index in [1.165, 1.54) is 24.0 Å². The topological polar surface area (TPSA) is 64.6 Å². The predicted octanol–water partition coefficient (Wildman–Crippen LogP) is 3.85. The molecular weight excluding hydrogens is 326 g/mol. The Labute approximate surface area is 145 Å². The van der Waals surface area contributed by atoms with Crippen LogP contribution in [0.15, 0.2) is 35.7 Å². The largest absolute Gasteiger partial charge is 0.484 e. The van der Waals surface area contributed by atoms with Crippen LogP contribution in [0.5, 0.6) is 5.75 Å². The third-order valence-electron chi connectivity index (χ3n) is 3.40. The fraction of sp³-hybridized carbons (Fsp3) is 0.333. The van der Waals surface area contributed by atoms with Gasteiger partial charge in [0.05, 0.1) is 12.8 Å². The van der Waals surface area contributed by atoms with Crippen LogP contribution in [-0.4, -0.2) is 25.6 Å². The van der Waals surface area contributed by atoms with E-state index in [0.29, 0.717) is 16.3 Å². The van der Waals surface area contributed by atoms with Crippen LogP contribution in [0.25, 0.3) is 0 Å². The van der Waals surface area contributed by atoms with Gasteiger partial charge in [-0.3, -0.25) is 4.79 Å². The molecule has 5 nitrogen and oxygen atoms in total. The van der Waals surface area contributed by atoms with E-state index in [1.807, 2.05) is 24.3 Å². The molecule has 0 saturated heterocycles. The van der Waals surface area contributed by atoms with E-state index in [9.17, 15) is 9.59 Å². The van der Waals surface area contributed by atoms with Crippen molar-refractivity contribution >= 4 is 28.9 Å². The molecule has 128 valence electrons. The number of benzene rings is 1. The van der Waals surface area contributed by atoms with Crippen molar-refractivity contribution in [2.45, 2.75) is 26.2 Å². The van der Waals surface area contributed by atoms with Crippen LogP contribution >= 0.6 is 11.3 Å². The molecule has 1 amide bonds. The van der Waals surface area contributed by atoms with Crippen LogP contribution in [0.4, 0.5) is 5.69 Å². The molecule has 0 saturated carbocycles. The zero-order valence-electron chi connectivity index (χ0n) is 14.2. The standard InChI is InChI=1S/C18H21NO4S/c1-18(2,3)12-5-7-13(8-6-12)23-11-15(20)19-14-9-10-24-16(14)17(21)22-4/h5-10H,11H2,1-4H3,(H,19,20). The van der Waals surface area contributed by atoms with Gasteiger partial charge >= 0.3 is 5.97 Å². The fourth-order valence-corrected chi connectivity index (χ4v) is 2.81. The maximum atomic E-state index is 12.0. The Balaban J connectivity index is 1.92. The van der Waals surface area contributed by atoms with Crippen molar-refractivity contribution < 1.29 is 19.1 Å². The summed E-state index contributed by atoms with van der Waals surface area (Å²) in [5, 5.41) is 4.37. The molecule has 0 unspecified atom stereocenters. The molecule has 2 rings (SSSR count). The first kappa shape index (κ1) is 18.0. The van der Waals surface area contributed by atoms with Crippen molar-refractivity contribution in [3.05, 3.63) is 46.2 Å². The first-order chi connectivity index (χ1) is 11.3. The number of thiophene rings is 1. The Morgan fingerprint density at radius 3 is 2.38 bits per heavy atom. The summed E-state index contributed by atoms with van der Waals surface area (Å²) < 4.78 is 10.2. The lowest BCUT2D eigenvalue weighted by Gasteiger charge is -2.19. The fourth-order valence-electron chi connectivity index (χ4n) is 2.04. The minimum Gasteiger partial charge on any atom is -0.484 e. The summed E-state index contributed by atoms with van der Waals surface area (Å²) in [4.78, 5) is 23.9. The summed E-state index contributed by atoms with van der Waals surface area (Å²) in [7, 11) is 1.30. The number of hydrogen-bond acceptors (Lipinski definition) is 5. The summed E-state index contributed by atoms with van der Waals surface area (Å²) in [5.74, 6) is -0.186. The summed E-state index contributed by atoms with van der Waals surface area (Å²) in [5.41, 5.74) is 1.70. The van der Waals surface area contributed by atoms with Crippen LogP contribution in [0, 0.1) is 0 Å². The minimum absolute atomic E-state index is 0.0686. The van der Waals surface area contributed by atoms with Crippen molar-refractivity contribution in [3.63, 3.8) is 0 Å². The van der Waals surface area contributed by atoms with Gasteiger partial charge in [0.1, 0.15) is 10.6 Å². The molecule has 0 aliphatic rings. The normalized spacial score (nSPS) is 11.0. The van der Waals surface area contributed by atoms with E-state index in [0.717, 1.165) is 0 Å². The lowest BCUT2D eigenvalue weighted by molar-refractivity contribution is -0.118. The average molecular weight is 347 g/mol. The summed E-state index contributed by atoms with van der Waals surface area (Å²) in [6.07, 6.45) is 0. The highest BCUT2D eigenvalue weighted by Gasteiger charge is 2.16. The average Bonchev–Trinajstić information content (AvgIpc) is 3.00. The van der Waals surface area contributed by atoms with Gasteiger partial charge in [-0.25, -0.2) is 4.79 Å². The second-order valence-electron chi connectivity index (χ2n) is 6.27. The van der Waals surface area contributed by atoms with Gasteiger partial charge in [-0.2, -0.15) is 0 Å². The van der Waals surface area contributed by atoms with Crippen molar-refractivity contribution in [2.75, 3.05) is 19.0 Å². The highest BCUT2D eigenvalue weighted by molar-refractivity contribution is 7.12. The van der Waals surface area contributed by atoms with Gasteiger partial charge in [0.25, 0.3) is 5.91 Å². The Bertz CT molecular complexity index is 713. The lowest BCUT2D eigenvalue weighted by Crippen LogP contribution is -2.21. The van der Waals surface area contributed by atoms with Crippen LogP contribution in [-0.2, 0) is 14.9 Å². The Morgan fingerprint density at radius 1 is 1.12 bits per heavy atom. The van der Waals surface area contributed by atoms with E-state index < -0.39 is 5.97 Å². The molecular formula is C18H21NO4S. The Hall–Kier alpha value is -2.34. The smallest absolute Gasteiger partial charge is 0.350 e. The van der Waals surface area contributed by atoms with Gasteiger partial charge in [-0.05, 0) is 34.6 Å². The van der Waals surface area contributed by atoms with Crippen molar-refractivity contribution in [2.24, 2.45) is 0 Å². The van der Waals surface area contributed by atoms with Gasteiger partial charge in [0, 0.05) is 0 Å². The number of ether oxygens (including phenoxy) is 2. The van der Waals surface area contributed by atoms with Crippen LogP contribution in [0.2, 0.25) is 0 Å². The molecule has 24 heavy (non-hydrogen) atoms. The van der Waals surface area contributed by atoms with E-state index in [2.05, 4.69) is 30.8 Å². The van der Waals surface area contributed by atoms with E-state index in [-0.39, 0.29) is 17.9 Å². The Kier molecular flexibility index (Phi) is 5.62. The van der Waals surface area contributed by atoms with Crippen LogP contribution in [0.1, 0.15) is 36.0 Å². The lowest BCUT2D eigenvalue weighted by atomic mass is 9.87. The highest BCUT2D eigenvalue weighted by atomic mass is 32.1. The number of carbonyl (C=O) groups is 2. The molecule has 0 radical (unpaired) electrons. The Morgan fingerprint density at radius 2 is 1.79 bits per heavy atom. The third kappa shape index (κ3) is 4.58. The summed E-state index contributed by atoms with van der Waals surface area (Å²) in [6, 6.07) is 9.33. The molecule has 0 spiro atoms. The number of anilines is 1. The molecule has 0 bridgehead atoms. The molecule has 6 heteroatoms. The zero-order valence-corrected chi connectivity index (χ0v) is 15.0. The van der Waals surface area contributed by atoms with Gasteiger partial charge in [-0.1, -0.05) is 32.9 Å². The number of nitrogens with one attached hydrogen (secondary N) is 1. The number of carbonyl (C=O) groups excluding carboxylic acids is 2. The number of rotatable bonds is 5. The number of amides is 1. The second kappa shape index (κ2) is 7.49. The number of methoxy groups -OCH3 is 1. The molecule has 1 aromatic heterocycles. The quantitative estimate of drug-likeness (QED) is 0.835. The first-order valence-corrected chi connectivity index (χ1v) is 8.38. The molecule has 0 aliphatic heterocycles. The second-order valence-corrected chi connectivity index (χ2v) is 7.18. The molecule has 0 fully saturated rings. The van der Waals surface area contributed by atoms with Crippen molar-refractivity contribution in [3.8, 4) is 5.75 Å². The third-order valence-corrected chi connectivity index (χ3v) is 4.29. The SMILES string of the molecule is COC(=O)c1sccc1NC(=O)COc1ccc(C(C)(C)C)cc1. The molecule has 2 aromatic rings. The van der Waals surface area contributed by atoms with Gasteiger partial charge < -0.3 is 14.8 Å². The monoisotopic (exact) mass is 347 g/mol. The maximum absolute atomic E-state index is 12.0. The highest BCUT2D eigenvalue weighted by Crippen LogP contribution is 2.25. The zero-order chi connectivity index (χ0) is 17.7. The number of hydrogen-bond donors (Lipinski definition) is 1. The maximum Gasteiger partial charge on any atom is 0.350 e. The van der Waals surface area contributed by atoms with Gasteiger partial charge in [0.2, 0.25) is 0 Å². The van der Waals surface area contributed by atoms with Crippen LogP contribution in [0.3, 0.4) is 0 Å². The molecule has 1 heterocycles. The summed E-state index contributed by atoms with van der Waals surface area (Å²) >= 11 is 1.21. The molecule has 1 N–H and O–H groups in total. The molecule has 0 atom stereocenters. The van der Waals surface area contributed by atoms with E-state index >= 15 is 0 Å². The van der Waals surface area contributed by atoms with Crippen molar-refractivity contribution in [1.29, 1.82) is 0 Å². The molecule has 1 aromatic carbocycles. The first-order valence-electron chi connectivity index (χ1n) is 7.50. The summed E-state index contributed by atoms with van der Waals surface area (Å²) in [6.45, 7) is 6.27. The van der Waals surface area contributed by atoms with E-state index in [1.54, 1.807) is 11.4 Å². The minimum atomic E-state index is -0.473. The van der Waals surface area contributed by atoms with Gasteiger partial charge in [0.15, 0.2) is 6.61 Å². The van der Waals surface area contributed by atoms with E-state index in [4.69, 9.17) is 4.74 Å². The predicted molar refractivity (Wildman–Crippen MR) is 94.9 cm³/mol. The van der Waals surface area contributed by atoms with Crippen molar-refractivity contribution in [1.82, 2.24) is 0 Å². The molecule has 0 aliphatic carbocycles. The van der Waals surface area contributed by atoms with Crippen LogP contribution < -0.4 is 10.1 Å².